The summed E-state index contributed by atoms with van der Waals surface area (Å²) in [4.78, 5) is 21.3. The summed E-state index contributed by atoms with van der Waals surface area (Å²) in [6.07, 6.45) is 3.90. The van der Waals surface area contributed by atoms with Crippen molar-refractivity contribution in [3.8, 4) is 0 Å². The first-order valence-corrected chi connectivity index (χ1v) is 5.24. The summed E-state index contributed by atoms with van der Waals surface area (Å²) < 4.78 is 8.89. The molecule has 0 rings (SSSR count). The smallest absolute Gasteiger partial charge is 0.309 e. The molecule has 0 aromatic heterocycles. The number of thioether (sulfide) groups is 1. The number of hydrogen-bond donors (Lipinski definition) is 0. The molecule has 0 fully saturated rings. The summed E-state index contributed by atoms with van der Waals surface area (Å²) in [5.41, 5.74) is 0. The van der Waals surface area contributed by atoms with Crippen LogP contribution in [0.4, 0.5) is 0 Å². The van der Waals surface area contributed by atoms with Crippen molar-refractivity contribution in [2.45, 2.75) is 12.8 Å². The molecule has 15 heavy (non-hydrogen) atoms. The summed E-state index contributed by atoms with van der Waals surface area (Å²) in [6, 6.07) is 0. The third kappa shape index (κ3) is 9.08. The van der Waals surface area contributed by atoms with Crippen molar-refractivity contribution in [3.63, 3.8) is 0 Å². The van der Waals surface area contributed by atoms with E-state index >= 15 is 0 Å². The number of rotatable bonds is 6. The molecule has 84 valence electrons. The quantitative estimate of drug-likeness (QED) is 0.652. The van der Waals surface area contributed by atoms with Crippen LogP contribution >= 0.6 is 11.8 Å². The summed E-state index contributed by atoms with van der Waals surface area (Å²) in [6.45, 7) is 0. The molecule has 0 aromatic carbocycles. The van der Waals surface area contributed by atoms with Gasteiger partial charge in [0.1, 0.15) is 0 Å². The summed E-state index contributed by atoms with van der Waals surface area (Å²) in [5.74, 6) is -0.546. The number of methoxy groups -OCH3 is 2. The molecule has 0 spiro atoms. The third-order valence-electron chi connectivity index (χ3n) is 1.37. The molecule has 0 saturated heterocycles. The second-order valence-electron chi connectivity index (χ2n) is 2.44. The number of esters is 2. The summed E-state index contributed by atoms with van der Waals surface area (Å²) in [5, 5.41) is 3.51. The molecule has 0 saturated carbocycles. The zero-order valence-corrected chi connectivity index (χ0v) is 9.58. The fraction of sp³-hybridized carbons (Fsp3) is 0.400. The van der Waals surface area contributed by atoms with E-state index in [0.717, 1.165) is 0 Å². The highest BCUT2D eigenvalue weighted by molar-refractivity contribution is 8.04. The fourth-order valence-electron chi connectivity index (χ4n) is 0.612. The van der Waals surface area contributed by atoms with Gasteiger partial charge in [0.05, 0.1) is 27.1 Å². The molecular formula is C10H14O4S. The Kier molecular flexibility index (Phi) is 8.56. The minimum atomic E-state index is -0.273. The van der Waals surface area contributed by atoms with Crippen molar-refractivity contribution < 1.29 is 19.1 Å². The van der Waals surface area contributed by atoms with Crippen LogP contribution in [0.25, 0.3) is 0 Å². The van der Waals surface area contributed by atoms with Crippen LogP contribution in [0.5, 0.6) is 0 Å². The molecule has 0 aliphatic carbocycles. The van der Waals surface area contributed by atoms with Gasteiger partial charge in [0, 0.05) is 0 Å². The number of hydrogen-bond acceptors (Lipinski definition) is 5. The molecular weight excluding hydrogens is 216 g/mol. The molecule has 5 heteroatoms. The molecule has 0 aromatic rings. The molecule has 0 N–H and O–H groups in total. The topological polar surface area (TPSA) is 52.6 Å². The van der Waals surface area contributed by atoms with Gasteiger partial charge in [-0.05, 0) is 10.8 Å². The zero-order valence-electron chi connectivity index (χ0n) is 8.76. The van der Waals surface area contributed by atoms with Crippen molar-refractivity contribution in [1.29, 1.82) is 0 Å². The molecule has 0 unspecified atom stereocenters. The second-order valence-corrected chi connectivity index (χ2v) is 3.26. The first-order valence-electron chi connectivity index (χ1n) is 4.29. The lowest BCUT2D eigenvalue weighted by atomic mass is 10.4. The van der Waals surface area contributed by atoms with Crippen LogP contribution in [0, 0.1) is 0 Å². The highest BCUT2D eigenvalue weighted by Crippen LogP contribution is 2.05. The monoisotopic (exact) mass is 230 g/mol. The minimum Gasteiger partial charge on any atom is -0.469 e. The van der Waals surface area contributed by atoms with Gasteiger partial charge in [-0.3, -0.25) is 9.59 Å². The van der Waals surface area contributed by atoms with Crippen molar-refractivity contribution in [2.24, 2.45) is 0 Å². The summed E-state index contributed by atoms with van der Waals surface area (Å²) in [7, 11) is 2.69. The Labute approximate surface area is 93.3 Å². The van der Waals surface area contributed by atoms with Crippen LogP contribution in [-0.2, 0) is 19.1 Å². The van der Waals surface area contributed by atoms with E-state index in [4.69, 9.17) is 0 Å². The molecule has 0 radical (unpaired) electrons. The Morgan fingerprint density at radius 1 is 1.00 bits per heavy atom. The Hall–Kier alpha value is -1.23. The van der Waals surface area contributed by atoms with Gasteiger partial charge in [-0.25, -0.2) is 0 Å². The number of ether oxygens (including phenoxy) is 2. The third-order valence-corrected chi connectivity index (χ3v) is 2.07. The van der Waals surface area contributed by atoms with Gasteiger partial charge >= 0.3 is 11.9 Å². The van der Waals surface area contributed by atoms with E-state index in [2.05, 4.69) is 9.47 Å². The van der Waals surface area contributed by atoms with E-state index in [1.165, 1.54) is 26.0 Å². The zero-order chi connectivity index (χ0) is 11.5. The highest BCUT2D eigenvalue weighted by Gasteiger charge is 1.93. The lowest BCUT2D eigenvalue weighted by Crippen LogP contribution is -1.96. The fourth-order valence-corrected chi connectivity index (χ4v) is 1.12. The van der Waals surface area contributed by atoms with Crippen LogP contribution in [0.3, 0.4) is 0 Å². The van der Waals surface area contributed by atoms with Gasteiger partial charge in [0.2, 0.25) is 0 Å². The number of carbonyl (C=O) groups excluding carboxylic acids is 2. The maximum Gasteiger partial charge on any atom is 0.309 e. The molecule has 0 atom stereocenters. The van der Waals surface area contributed by atoms with Crippen LogP contribution in [0.1, 0.15) is 12.8 Å². The molecule has 0 aliphatic heterocycles. The van der Waals surface area contributed by atoms with E-state index in [1.807, 2.05) is 0 Å². The van der Waals surface area contributed by atoms with Crippen LogP contribution in [-0.4, -0.2) is 26.2 Å². The van der Waals surface area contributed by atoms with Gasteiger partial charge in [-0.15, -0.1) is 11.8 Å². The van der Waals surface area contributed by atoms with Gasteiger partial charge in [-0.2, -0.15) is 0 Å². The van der Waals surface area contributed by atoms with Crippen LogP contribution in [0.15, 0.2) is 23.0 Å². The Morgan fingerprint density at radius 3 is 1.73 bits per heavy atom. The average molecular weight is 230 g/mol. The predicted octanol–water partition coefficient (Wildman–Crippen LogP) is 1.87. The lowest BCUT2D eigenvalue weighted by molar-refractivity contribution is -0.140. The largest absolute Gasteiger partial charge is 0.469 e. The maximum atomic E-state index is 10.7. The Balaban J connectivity index is 3.52. The van der Waals surface area contributed by atoms with Crippen molar-refractivity contribution in [1.82, 2.24) is 0 Å². The first-order chi connectivity index (χ1) is 7.20. The van der Waals surface area contributed by atoms with Crippen molar-refractivity contribution >= 4 is 23.7 Å². The SMILES string of the molecule is COC(=O)CC=CSC=CCC(=O)OC. The van der Waals surface area contributed by atoms with Crippen LogP contribution in [0.2, 0.25) is 0 Å². The number of carbonyl (C=O) groups is 2. The average Bonchev–Trinajstić information content (AvgIpc) is 2.26. The van der Waals surface area contributed by atoms with Gasteiger partial charge in [0.25, 0.3) is 0 Å². The minimum absolute atomic E-state index is 0.258. The van der Waals surface area contributed by atoms with Gasteiger partial charge in [-0.1, -0.05) is 12.2 Å². The highest BCUT2D eigenvalue weighted by atomic mass is 32.2. The van der Waals surface area contributed by atoms with E-state index in [9.17, 15) is 9.59 Å². The first kappa shape index (κ1) is 13.8. The molecule has 0 aliphatic rings. The standard InChI is InChI=1S/C10H14O4S/c1-13-9(11)5-3-7-15-8-4-6-10(12)14-2/h3-4,7-8H,5-6H2,1-2H3. The van der Waals surface area contributed by atoms with Crippen molar-refractivity contribution in [3.05, 3.63) is 23.0 Å². The molecule has 0 bridgehead atoms. The Morgan fingerprint density at radius 2 is 1.40 bits per heavy atom. The normalized spacial score (nSPS) is 10.8. The molecule has 4 nitrogen and oxygen atoms in total. The second kappa shape index (κ2) is 9.33. The van der Waals surface area contributed by atoms with E-state index in [1.54, 1.807) is 23.0 Å². The van der Waals surface area contributed by atoms with E-state index in [0.29, 0.717) is 0 Å². The summed E-state index contributed by atoms with van der Waals surface area (Å²) >= 11 is 1.38. The van der Waals surface area contributed by atoms with Gasteiger partial charge < -0.3 is 9.47 Å². The van der Waals surface area contributed by atoms with E-state index in [-0.39, 0.29) is 24.8 Å². The Bertz CT molecular complexity index is 232. The van der Waals surface area contributed by atoms with E-state index < -0.39 is 0 Å². The lowest BCUT2D eigenvalue weighted by Gasteiger charge is -1.91. The van der Waals surface area contributed by atoms with Crippen LogP contribution < -0.4 is 0 Å². The van der Waals surface area contributed by atoms with Crippen molar-refractivity contribution in [2.75, 3.05) is 14.2 Å². The predicted molar refractivity (Wildman–Crippen MR) is 59.1 cm³/mol. The molecule has 0 amide bonds. The molecule has 0 heterocycles. The maximum absolute atomic E-state index is 10.7. The van der Waals surface area contributed by atoms with Gasteiger partial charge in [0.15, 0.2) is 0 Å².